The minimum Gasteiger partial charge on any atom is -0.508 e. The van der Waals surface area contributed by atoms with E-state index in [1.165, 1.54) is 0 Å². The fourth-order valence-electron chi connectivity index (χ4n) is 2.95. The van der Waals surface area contributed by atoms with Crippen LogP contribution in [0.4, 0.5) is 16.2 Å². The monoisotopic (exact) mass is 387 g/mol. The Morgan fingerprint density at radius 2 is 1.52 bits per heavy atom. The molecule has 0 aromatic heterocycles. The summed E-state index contributed by atoms with van der Waals surface area (Å²) in [5.41, 5.74) is 2.52. The molecule has 3 aromatic rings. The Balaban J connectivity index is 1.48. The zero-order chi connectivity index (χ0) is 20.3. The molecule has 0 aliphatic heterocycles. The van der Waals surface area contributed by atoms with E-state index in [1.807, 2.05) is 78.9 Å². The lowest BCUT2D eigenvalue weighted by molar-refractivity contribution is 0.154. The van der Waals surface area contributed by atoms with E-state index < -0.39 is 0 Å². The molecule has 0 bridgehead atoms. The fourth-order valence-corrected chi connectivity index (χ4v) is 2.95. The van der Waals surface area contributed by atoms with Gasteiger partial charge < -0.3 is 9.84 Å². The summed E-state index contributed by atoms with van der Waals surface area (Å²) in [5.74, 6) is 0.264. The number of phenolic OH excluding ortho intramolecular Hbond substituents is 1. The van der Waals surface area contributed by atoms with Gasteiger partial charge in [0.05, 0.1) is 18.0 Å². The third-order valence-corrected chi connectivity index (χ3v) is 4.38. The maximum absolute atomic E-state index is 12.7. The van der Waals surface area contributed by atoms with E-state index in [-0.39, 0.29) is 11.8 Å². The van der Waals surface area contributed by atoms with E-state index in [1.54, 1.807) is 17.0 Å². The molecule has 0 fully saturated rings. The van der Waals surface area contributed by atoms with Crippen molar-refractivity contribution in [3.63, 3.8) is 0 Å². The SMILES string of the molecule is O=C(OCCCCC=Cc1cccc(O)c1)N(c1ccccc1)c1ccccc1. The van der Waals surface area contributed by atoms with Crippen LogP contribution in [0, 0.1) is 0 Å². The lowest BCUT2D eigenvalue weighted by Gasteiger charge is -2.22. The molecule has 0 radical (unpaired) electrons. The van der Waals surface area contributed by atoms with Crippen LogP contribution in [0.2, 0.25) is 0 Å². The molecule has 3 aromatic carbocycles. The minimum atomic E-state index is -0.377. The lowest BCUT2D eigenvalue weighted by Crippen LogP contribution is -2.27. The van der Waals surface area contributed by atoms with Gasteiger partial charge in [0.15, 0.2) is 0 Å². The van der Waals surface area contributed by atoms with E-state index in [0.29, 0.717) is 6.61 Å². The third kappa shape index (κ3) is 6.25. The number of carbonyl (C=O) groups is 1. The van der Waals surface area contributed by atoms with Crippen molar-refractivity contribution in [3.05, 3.63) is 96.6 Å². The molecular formula is C25H25NO3. The van der Waals surface area contributed by atoms with Gasteiger partial charge in [0.2, 0.25) is 0 Å². The van der Waals surface area contributed by atoms with Crippen LogP contribution in [-0.4, -0.2) is 17.8 Å². The Labute approximate surface area is 171 Å². The first kappa shape index (κ1) is 20.2. The Morgan fingerprint density at radius 3 is 2.14 bits per heavy atom. The Morgan fingerprint density at radius 1 is 0.862 bits per heavy atom. The molecule has 0 unspecified atom stereocenters. The van der Waals surface area contributed by atoms with Gasteiger partial charge in [-0.2, -0.15) is 0 Å². The zero-order valence-corrected chi connectivity index (χ0v) is 16.3. The number of anilines is 2. The minimum absolute atomic E-state index is 0.264. The molecule has 0 saturated heterocycles. The number of hydrogen-bond donors (Lipinski definition) is 1. The second kappa shape index (κ2) is 10.7. The highest BCUT2D eigenvalue weighted by Crippen LogP contribution is 2.25. The summed E-state index contributed by atoms with van der Waals surface area (Å²) in [5, 5.41) is 9.46. The Kier molecular flexibility index (Phi) is 7.47. The molecule has 4 heteroatoms. The smallest absolute Gasteiger partial charge is 0.418 e. The van der Waals surface area contributed by atoms with Gasteiger partial charge in [-0.15, -0.1) is 0 Å². The third-order valence-electron chi connectivity index (χ3n) is 4.38. The fraction of sp³-hybridized carbons (Fsp3) is 0.160. The van der Waals surface area contributed by atoms with Crippen LogP contribution in [0.3, 0.4) is 0 Å². The quantitative estimate of drug-likeness (QED) is 0.446. The summed E-state index contributed by atoms with van der Waals surface area (Å²) >= 11 is 0. The highest BCUT2D eigenvalue weighted by atomic mass is 16.6. The molecule has 3 rings (SSSR count). The lowest BCUT2D eigenvalue weighted by atomic mass is 10.1. The highest BCUT2D eigenvalue weighted by Gasteiger charge is 2.18. The van der Waals surface area contributed by atoms with Gasteiger partial charge in [0.1, 0.15) is 5.75 Å². The van der Waals surface area contributed by atoms with Gasteiger partial charge in [0, 0.05) is 0 Å². The number of phenols is 1. The molecule has 0 atom stereocenters. The van der Waals surface area contributed by atoms with E-state index in [0.717, 1.165) is 36.2 Å². The molecule has 0 aliphatic rings. The van der Waals surface area contributed by atoms with Crippen molar-refractivity contribution in [1.82, 2.24) is 0 Å². The van der Waals surface area contributed by atoms with Crippen LogP contribution >= 0.6 is 0 Å². The van der Waals surface area contributed by atoms with Crippen molar-refractivity contribution in [3.8, 4) is 5.75 Å². The molecule has 4 nitrogen and oxygen atoms in total. The number of aromatic hydroxyl groups is 1. The number of amides is 1. The highest BCUT2D eigenvalue weighted by molar-refractivity contribution is 5.95. The normalized spacial score (nSPS) is 10.8. The average Bonchev–Trinajstić information content (AvgIpc) is 2.75. The molecule has 0 heterocycles. The van der Waals surface area contributed by atoms with Crippen molar-refractivity contribution in [1.29, 1.82) is 0 Å². The van der Waals surface area contributed by atoms with Crippen LogP contribution in [0.25, 0.3) is 6.08 Å². The molecule has 0 spiro atoms. The Hall–Kier alpha value is -3.53. The van der Waals surface area contributed by atoms with Gasteiger partial charge >= 0.3 is 6.09 Å². The van der Waals surface area contributed by atoms with Gasteiger partial charge in [-0.1, -0.05) is 60.7 Å². The summed E-state index contributed by atoms with van der Waals surface area (Å²) in [6, 6.07) is 26.1. The number of hydrogen-bond acceptors (Lipinski definition) is 3. The van der Waals surface area contributed by atoms with E-state index >= 15 is 0 Å². The number of carbonyl (C=O) groups excluding carboxylic acids is 1. The summed E-state index contributed by atoms with van der Waals surface area (Å²) in [6.45, 7) is 0.370. The molecule has 0 saturated carbocycles. The van der Waals surface area contributed by atoms with Crippen LogP contribution in [0.1, 0.15) is 24.8 Å². The van der Waals surface area contributed by atoms with Crippen LogP contribution in [0.15, 0.2) is 91.0 Å². The van der Waals surface area contributed by atoms with Crippen molar-refractivity contribution in [2.45, 2.75) is 19.3 Å². The summed E-state index contributed by atoms with van der Waals surface area (Å²) in [6.07, 6.45) is 6.26. The molecule has 1 N–H and O–H groups in total. The maximum Gasteiger partial charge on any atom is 0.418 e. The first-order valence-corrected chi connectivity index (χ1v) is 9.76. The van der Waals surface area contributed by atoms with Crippen LogP contribution in [-0.2, 0) is 4.74 Å². The van der Waals surface area contributed by atoms with Crippen molar-refractivity contribution >= 4 is 23.5 Å². The maximum atomic E-state index is 12.7. The predicted molar refractivity (Wildman–Crippen MR) is 117 cm³/mol. The molecule has 1 amide bonds. The second-order valence-electron chi connectivity index (χ2n) is 6.61. The molecule has 0 aliphatic carbocycles. The summed E-state index contributed by atoms with van der Waals surface area (Å²) in [7, 11) is 0. The van der Waals surface area contributed by atoms with Crippen LogP contribution in [0.5, 0.6) is 5.75 Å². The zero-order valence-electron chi connectivity index (χ0n) is 16.3. The Bertz CT molecular complexity index is 884. The van der Waals surface area contributed by atoms with Gasteiger partial charge in [-0.3, -0.25) is 0 Å². The van der Waals surface area contributed by atoms with E-state index in [4.69, 9.17) is 4.74 Å². The first-order chi connectivity index (χ1) is 14.2. The molecule has 148 valence electrons. The largest absolute Gasteiger partial charge is 0.508 e. The summed E-state index contributed by atoms with van der Waals surface area (Å²) < 4.78 is 5.52. The first-order valence-electron chi connectivity index (χ1n) is 9.76. The number of para-hydroxylation sites is 2. The number of allylic oxidation sites excluding steroid dienone is 1. The molecular weight excluding hydrogens is 362 g/mol. The standard InChI is InChI=1S/C25H25NO3/c27-24-18-11-13-21(20-24)12-5-1-2-10-19-29-25(28)26(22-14-6-3-7-15-22)23-16-8-4-9-17-23/h3-9,11-18,20,27H,1-2,10,19H2. The van der Waals surface area contributed by atoms with Crippen molar-refractivity contribution in [2.75, 3.05) is 11.5 Å². The number of ether oxygens (including phenoxy) is 1. The number of rotatable bonds is 8. The average molecular weight is 387 g/mol. The van der Waals surface area contributed by atoms with Gasteiger partial charge in [-0.25, -0.2) is 9.69 Å². The van der Waals surface area contributed by atoms with Crippen molar-refractivity contribution < 1.29 is 14.6 Å². The van der Waals surface area contributed by atoms with Gasteiger partial charge in [-0.05, 0) is 61.2 Å². The number of nitrogens with zero attached hydrogens (tertiary/aromatic N) is 1. The van der Waals surface area contributed by atoms with Gasteiger partial charge in [0.25, 0.3) is 0 Å². The number of unbranched alkanes of at least 4 members (excludes halogenated alkanes) is 2. The topological polar surface area (TPSA) is 49.8 Å². The number of benzene rings is 3. The predicted octanol–water partition coefficient (Wildman–Crippen LogP) is 6.55. The van der Waals surface area contributed by atoms with E-state index in [2.05, 4.69) is 6.08 Å². The van der Waals surface area contributed by atoms with Crippen LogP contribution < -0.4 is 4.90 Å². The second-order valence-corrected chi connectivity index (χ2v) is 6.61. The van der Waals surface area contributed by atoms with Crippen molar-refractivity contribution in [2.24, 2.45) is 0 Å². The van der Waals surface area contributed by atoms with E-state index in [9.17, 15) is 9.90 Å². The summed E-state index contributed by atoms with van der Waals surface area (Å²) in [4.78, 5) is 14.3. The molecule has 29 heavy (non-hydrogen) atoms.